The van der Waals surface area contributed by atoms with E-state index < -0.39 is 11.9 Å². The van der Waals surface area contributed by atoms with Gasteiger partial charge in [-0.05, 0) is 24.1 Å². The molecule has 1 rings (SSSR count). The first-order chi connectivity index (χ1) is 9.95. The Morgan fingerprint density at radius 1 is 1.38 bits per heavy atom. The van der Waals surface area contributed by atoms with Gasteiger partial charge in [-0.3, -0.25) is 9.59 Å². The zero-order valence-corrected chi connectivity index (χ0v) is 13.1. The van der Waals surface area contributed by atoms with Gasteiger partial charge >= 0.3 is 5.97 Å². The van der Waals surface area contributed by atoms with Crippen molar-refractivity contribution in [3.8, 4) is 0 Å². The molecule has 1 unspecified atom stereocenters. The average Bonchev–Trinajstić information content (AvgIpc) is 2.44. The third-order valence-electron chi connectivity index (χ3n) is 2.90. The number of carboxylic acids is 1. The summed E-state index contributed by atoms with van der Waals surface area (Å²) >= 11 is 11.9. The number of hydrogen-bond acceptors (Lipinski definition) is 2. The molecule has 1 atom stereocenters. The molecule has 4 nitrogen and oxygen atoms in total. The summed E-state index contributed by atoms with van der Waals surface area (Å²) in [4.78, 5) is 22.6. The van der Waals surface area contributed by atoms with Crippen LogP contribution in [0.25, 0.3) is 6.08 Å². The fourth-order valence-corrected chi connectivity index (χ4v) is 2.13. The molecule has 0 aliphatic carbocycles. The maximum absolute atomic E-state index is 11.7. The van der Waals surface area contributed by atoms with E-state index in [0.717, 1.165) is 6.42 Å². The molecular formula is C15H17Cl2NO3. The smallest absolute Gasteiger partial charge is 0.308 e. The number of carbonyl (C=O) groups excluding carboxylic acids is 1. The first-order valence-corrected chi connectivity index (χ1v) is 7.34. The molecule has 0 bridgehead atoms. The van der Waals surface area contributed by atoms with E-state index in [4.69, 9.17) is 28.3 Å². The lowest BCUT2D eigenvalue weighted by molar-refractivity contribution is -0.141. The van der Waals surface area contributed by atoms with Crippen molar-refractivity contribution in [2.75, 3.05) is 6.54 Å². The number of aliphatic carboxylic acids is 1. The third-order valence-corrected chi connectivity index (χ3v) is 3.74. The van der Waals surface area contributed by atoms with E-state index in [1.165, 1.54) is 6.08 Å². The Morgan fingerprint density at radius 3 is 2.71 bits per heavy atom. The van der Waals surface area contributed by atoms with E-state index in [-0.39, 0.29) is 12.5 Å². The van der Waals surface area contributed by atoms with Crippen molar-refractivity contribution in [2.24, 2.45) is 5.92 Å². The predicted octanol–water partition coefficient (Wildman–Crippen LogP) is 3.62. The van der Waals surface area contributed by atoms with Crippen LogP contribution in [0.3, 0.4) is 0 Å². The maximum atomic E-state index is 11.7. The summed E-state index contributed by atoms with van der Waals surface area (Å²) in [6.45, 7) is 2.01. The van der Waals surface area contributed by atoms with Gasteiger partial charge in [0.05, 0.1) is 16.0 Å². The largest absolute Gasteiger partial charge is 0.481 e. The highest BCUT2D eigenvalue weighted by Crippen LogP contribution is 2.26. The number of amides is 1. The molecule has 0 fully saturated rings. The minimum Gasteiger partial charge on any atom is -0.481 e. The lowest BCUT2D eigenvalue weighted by atomic mass is 10.0. The van der Waals surface area contributed by atoms with Crippen LogP contribution in [0.2, 0.25) is 10.0 Å². The van der Waals surface area contributed by atoms with Crippen LogP contribution in [0.5, 0.6) is 0 Å². The lowest BCUT2D eigenvalue weighted by Crippen LogP contribution is -2.31. The van der Waals surface area contributed by atoms with Crippen molar-refractivity contribution < 1.29 is 14.7 Å². The highest BCUT2D eigenvalue weighted by atomic mass is 35.5. The Labute approximate surface area is 133 Å². The van der Waals surface area contributed by atoms with Gasteiger partial charge in [0.1, 0.15) is 0 Å². The number of halogens is 2. The average molecular weight is 330 g/mol. The monoisotopic (exact) mass is 329 g/mol. The SMILES string of the molecule is CCCC(CNC(=O)C=Cc1cccc(Cl)c1Cl)C(=O)O. The van der Waals surface area contributed by atoms with Gasteiger partial charge in [-0.15, -0.1) is 0 Å². The second-order valence-electron chi connectivity index (χ2n) is 4.55. The van der Waals surface area contributed by atoms with Crippen LogP contribution in [0.4, 0.5) is 0 Å². The molecular weight excluding hydrogens is 313 g/mol. The summed E-state index contributed by atoms with van der Waals surface area (Å²) in [6.07, 6.45) is 4.13. The second kappa shape index (κ2) is 8.70. The van der Waals surface area contributed by atoms with E-state index >= 15 is 0 Å². The molecule has 114 valence electrons. The van der Waals surface area contributed by atoms with E-state index in [2.05, 4.69) is 5.32 Å². The molecule has 0 saturated heterocycles. The lowest BCUT2D eigenvalue weighted by Gasteiger charge is -2.11. The van der Waals surface area contributed by atoms with Crippen LogP contribution in [-0.4, -0.2) is 23.5 Å². The van der Waals surface area contributed by atoms with Crippen LogP contribution in [0, 0.1) is 5.92 Å². The summed E-state index contributed by atoms with van der Waals surface area (Å²) in [5.74, 6) is -1.84. The Bertz CT molecular complexity index is 544. The molecule has 1 amide bonds. The molecule has 0 aliphatic rings. The first kappa shape index (κ1) is 17.5. The summed E-state index contributed by atoms with van der Waals surface area (Å²) in [7, 11) is 0. The minimum atomic E-state index is -0.904. The van der Waals surface area contributed by atoms with Gasteiger partial charge in [0.25, 0.3) is 0 Å². The van der Waals surface area contributed by atoms with E-state index in [1.54, 1.807) is 24.3 Å². The molecule has 0 heterocycles. The molecule has 0 spiro atoms. The molecule has 0 saturated carbocycles. The molecule has 0 aliphatic heterocycles. The van der Waals surface area contributed by atoms with Crippen molar-refractivity contribution in [3.63, 3.8) is 0 Å². The summed E-state index contributed by atoms with van der Waals surface area (Å²) in [5.41, 5.74) is 0.627. The van der Waals surface area contributed by atoms with Gasteiger partial charge in [-0.2, -0.15) is 0 Å². The molecule has 1 aromatic carbocycles. The van der Waals surface area contributed by atoms with E-state index in [0.29, 0.717) is 22.0 Å². The second-order valence-corrected chi connectivity index (χ2v) is 5.33. The van der Waals surface area contributed by atoms with Gasteiger partial charge in [-0.25, -0.2) is 0 Å². The molecule has 21 heavy (non-hydrogen) atoms. The number of hydrogen-bond donors (Lipinski definition) is 2. The van der Waals surface area contributed by atoms with Crippen LogP contribution in [0.15, 0.2) is 24.3 Å². The fourth-order valence-electron chi connectivity index (χ4n) is 1.76. The van der Waals surface area contributed by atoms with Crippen LogP contribution in [0.1, 0.15) is 25.3 Å². The summed E-state index contributed by atoms with van der Waals surface area (Å²) < 4.78 is 0. The van der Waals surface area contributed by atoms with E-state index in [1.807, 2.05) is 6.92 Å². The Hall–Kier alpha value is -1.52. The van der Waals surface area contributed by atoms with E-state index in [9.17, 15) is 9.59 Å². The first-order valence-electron chi connectivity index (χ1n) is 6.58. The molecule has 1 aromatic rings. The quantitative estimate of drug-likeness (QED) is 0.751. The number of carboxylic acid groups (broad SMARTS) is 1. The normalized spacial score (nSPS) is 12.3. The molecule has 0 aromatic heterocycles. The fraction of sp³-hybridized carbons (Fsp3) is 0.333. The molecule has 6 heteroatoms. The van der Waals surface area contributed by atoms with Crippen molar-refractivity contribution in [1.29, 1.82) is 0 Å². The van der Waals surface area contributed by atoms with Crippen molar-refractivity contribution >= 4 is 41.2 Å². The zero-order valence-electron chi connectivity index (χ0n) is 11.6. The highest BCUT2D eigenvalue weighted by Gasteiger charge is 2.16. The summed E-state index contributed by atoms with van der Waals surface area (Å²) in [6, 6.07) is 5.12. The van der Waals surface area contributed by atoms with Gasteiger partial charge in [0, 0.05) is 12.6 Å². The van der Waals surface area contributed by atoms with Crippen molar-refractivity contribution in [3.05, 3.63) is 39.9 Å². The standard InChI is InChI=1S/C15H17Cl2NO3/c1-2-4-11(15(20)21)9-18-13(19)8-7-10-5-3-6-12(16)14(10)17/h3,5-8,11H,2,4,9H2,1H3,(H,18,19)(H,20,21). The molecule has 0 radical (unpaired) electrons. The van der Waals surface area contributed by atoms with Gasteiger partial charge in [-0.1, -0.05) is 48.7 Å². The van der Waals surface area contributed by atoms with Gasteiger partial charge in [0.2, 0.25) is 5.91 Å². The number of carbonyl (C=O) groups is 2. The van der Waals surface area contributed by atoms with Gasteiger partial charge in [0.15, 0.2) is 0 Å². The molecule has 2 N–H and O–H groups in total. The number of benzene rings is 1. The topological polar surface area (TPSA) is 66.4 Å². The predicted molar refractivity (Wildman–Crippen MR) is 84.5 cm³/mol. The van der Waals surface area contributed by atoms with Crippen LogP contribution in [-0.2, 0) is 9.59 Å². The number of rotatable bonds is 7. The Balaban J connectivity index is 2.59. The van der Waals surface area contributed by atoms with Crippen LogP contribution < -0.4 is 5.32 Å². The van der Waals surface area contributed by atoms with Crippen molar-refractivity contribution in [2.45, 2.75) is 19.8 Å². The Kier molecular flexibility index (Phi) is 7.26. The minimum absolute atomic E-state index is 0.107. The third kappa shape index (κ3) is 5.78. The Morgan fingerprint density at radius 2 is 2.10 bits per heavy atom. The summed E-state index contributed by atoms with van der Waals surface area (Å²) in [5, 5.41) is 12.3. The van der Waals surface area contributed by atoms with Crippen LogP contribution >= 0.6 is 23.2 Å². The van der Waals surface area contributed by atoms with Gasteiger partial charge < -0.3 is 10.4 Å². The van der Waals surface area contributed by atoms with Crippen molar-refractivity contribution in [1.82, 2.24) is 5.32 Å². The zero-order chi connectivity index (χ0) is 15.8. The highest BCUT2D eigenvalue weighted by molar-refractivity contribution is 6.42. The maximum Gasteiger partial charge on any atom is 0.308 e. The number of nitrogens with one attached hydrogen (secondary N) is 1.